The van der Waals surface area contributed by atoms with Gasteiger partial charge in [-0.1, -0.05) is 20.8 Å². The highest BCUT2D eigenvalue weighted by molar-refractivity contribution is 7.13. The van der Waals surface area contributed by atoms with E-state index in [1.165, 1.54) is 18.4 Å². The van der Waals surface area contributed by atoms with Gasteiger partial charge in [0.1, 0.15) is 5.41 Å². The van der Waals surface area contributed by atoms with Crippen LogP contribution in [0.3, 0.4) is 0 Å². The molecule has 19 heavy (non-hydrogen) atoms. The van der Waals surface area contributed by atoms with Crippen LogP contribution in [0.1, 0.15) is 46.7 Å². The first kappa shape index (κ1) is 16.0. The zero-order valence-electron chi connectivity index (χ0n) is 12.6. The maximum Gasteiger partial charge on any atom is 0.317 e. The van der Waals surface area contributed by atoms with Crippen LogP contribution in [-0.4, -0.2) is 24.1 Å². The Bertz CT molecular complexity index is 427. The van der Waals surface area contributed by atoms with Gasteiger partial charge in [-0.25, -0.2) is 4.98 Å². The van der Waals surface area contributed by atoms with Crippen molar-refractivity contribution in [1.82, 2.24) is 4.98 Å². The van der Waals surface area contributed by atoms with E-state index in [4.69, 9.17) is 4.74 Å². The zero-order chi connectivity index (χ0) is 14.6. The van der Waals surface area contributed by atoms with Gasteiger partial charge in [-0.15, -0.1) is 11.3 Å². The third kappa shape index (κ3) is 3.69. The Kier molecular flexibility index (Phi) is 5.35. The van der Waals surface area contributed by atoms with Gasteiger partial charge in [0.05, 0.1) is 12.8 Å². The predicted molar refractivity (Wildman–Crippen MR) is 79.7 cm³/mol. The number of esters is 1. The Balaban J connectivity index is 2.85. The first-order chi connectivity index (χ1) is 8.82. The molecule has 0 aliphatic rings. The van der Waals surface area contributed by atoms with Gasteiger partial charge in [0.2, 0.25) is 0 Å². The fourth-order valence-corrected chi connectivity index (χ4v) is 2.83. The Hall–Kier alpha value is -1.10. The molecule has 0 saturated carbocycles. The van der Waals surface area contributed by atoms with Crippen LogP contribution in [0, 0.1) is 5.92 Å². The van der Waals surface area contributed by atoms with Crippen LogP contribution in [0.15, 0.2) is 5.38 Å². The molecule has 1 heterocycles. The predicted octanol–water partition coefficient (Wildman–Crippen LogP) is 3.44. The van der Waals surface area contributed by atoms with E-state index in [0.29, 0.717) is 12.0 Å². The summed E-state index contributed by atoms with van der Waals surface area (Å²) in [5.74, 6) is 0.284. The number of carbonyl (C=O) groups is 1. The lowest BCUT2D eigenvalue weighted by molar-refractivity contribution is -0.146. The molecular formula is C14H24N2O2S. The van der Waals surface area contributed by atoms with Crippen LogP contribution in [-0.2, 0) is 14.9 Å². The number of hydrogen-bond acceptors (Lipinski definition) is 5. The Morgan fingerprint density at radius 2 is 2.16 bits per heavy atom. The number of ether oxygens (including phenoxy) is 1. The number of aromatic nitrogens is 1. The van der Waals surface area contributed by atoms with Gasteiger partial charge in [-0.3, -0.25) is 4.79 Å². The second-order valence-corrected chi connectivity index (χ2v) is 6.42. The summed E-state index contributed by atoms with van der Waals surface area (Å²) in [6.45, 7) is 10.2. The first-order valence-electron chi connectivity index (χ1n) is 6.63. The minimum Gasteiger partial charge on any atom is -0.468 e. The van der Waals surface area contributed by atoms with Gasteiger partial charge in [0.25, 0.3) is 0 Å². The number of carbonyl (C=O) groups excluding carboxylic acids is 1. The second kappa shape index (κ2) is 6.37. The van der Waals surface area contributed by atoms with Crippen molar-refractivity contribution in [3.63, 3.8) is 0 Å². The van der Waals surface area contributed by atoms with E-state index in [9.17, 15) is 4.79 Å². The van der Waals surface area contributed by atoms with Gasteiger partial charge in [-0.05, 0) is 26.2 Å². The van der Waals surface area contributed by atoms with Crippen molar-refractivity contribution in [2.24, 2.45) is 5.92 Å². The molecule has 0 aromatic carbocycles. The monoisotopic (exact) mass is 284 g/mol. The lowest BCUT2D eigenvalue weighted by Crippen LogP contribution is -2.30. The van der Waals surface area contributed by atoms with E-state index in [0.717, 1.165) is 17.2 Å². The van der Waals surface area contributed by atoms with Crippen molar-refractivity contribution in [1.29, 1.82) is 0 Å². The van der Waals surface area contributed by atoms with E-state index < -0.39 is 5.41 Å². The lowest BCUT2D eigenvalue weighted by atomic mass is 9.90. The van der Waals surface area contributed by atoms with E-state index in [2.05, 4.69) is 31.1 Å². The highest BCUT2D eigenvalue weighted by atomic mass is 32.1. The molecule has 0 radical (unpaired) electrons. The van der Waals surface area contributed by atoms with Gasteiger partial charge in [0.15, 0.2) is 5.13 Å². The molecule has 4 nitrogen and oxygen atoms in total. The number of anilines is 1. The van der Waals surface area contributed by atoms with Gasteiger partial charge >= 0.3 is 5.97 Å². The maximum atomic E-state index is 11.8. The summed E-state index contributed by atoms with van der Waals surface area (Å²) in [7, 11) is 1.40. The number of rotatable bonds is 6. The number of thiazole rings is 1. The molecular weight excluding hydrogens is 260 g/mol. The third-order valence-corrected chi connectivity index (χ3v) is 4.17. The Labute approximate surface area is 119 Å². The molecule has 0 amide bonds. The van der Waals surface area contributed by atoms with Crippen LogP contribution in [0.25, 0.3) is 0 Å². The molecule has 0 fully saturated rings. The SMILES string of the molecule is CCC(Nc1nc(C(C)(C)C(=O)OC)cs1)C(C)C. The van der Waals surface area contributed by atoms with E-state index in [1.54, 1.807) is 0 Å². The van der Waals surface area contributed by atoms with Crippen molar-refractivity contribution in [3.05, 3.63) is 11.1 Å². The molecule has 1 atom stereocenters. The average Bonchev–Trinajstić information content (AvgIpc) is 2.83. The molecule has 0 aliphatic heterocycles. The molecule has 1 aromatic heterocycles. The normalized spacial score (nSPS) is 13.4. The zero-order valence-corrected chi connectivity index (χ0v) is 13.4. The minimum atomic E-state index is -0.704. The van der Waals surface area contributed by atoms with Gasteiger partial charge in [-0.2, -0.15) is 0 Å². The number of hydrogen-bond donors (Lipinski definition) is 1. The van der Waals surface area contributed by atoms with Crippen LogP contribution in [0.2, 0.25) is 0 Å². The van der Waals surface area contributed by atoms with Crippen molar-refractivity contribution >= 4 is 22.4 Å². The second-order valence-electron chi connectivity index (χ2n) is 5.56. The van der Waals surface area contributed by atoms with Crippen LogP contribution < -0.4 is 5.32 Å². The molecule has 0 aliphatic carbocycles. The molecule has 0 spiro atoms. The fraction of sp³-hybridized carbons (Fsp3) is 0.714. The third-order valence-electron chi connectivity index (χ3n) is 3.39. The van der Waals surface area contributed by atoms with E-state index >= 15 is 0 Å². The summed E-state index contributed by atoms with van der Waals surface area (Å²) in [5, 5.41) is 6.22. The molecule has 1 N–H and O–H groups in total. The maximum absolute atomic E-state index is 11.8. The summed E-state index contributed by atoms with van der Waals surface area (Å²) in [4.78, 5) is 16.3. The summed E-state index contributed by atoms with van der Waals surface area (Å²) in [6.07, 6.45) is 1.05. The van der Waals surface area contributed by atoms with Gasteiger partial charge < -0.3 is 10.1 Å². The van der Waals surface area contributed by atoms with Crippen LogP contribution >= 0.6 is 11.3 Å². The molecule has 108 valence electrons. The standard InChI is InChI=1S/C14H24N2O2S/c1-7-10(9(2)3)15-13-16-11(8-19-13)14(4,5)12(17)18-6/h8-10H,7H2,1-6H3,(H,15,16). The van der Waals surface area contributed by atoms with Gasteiger partial charge in [0, 0.05) is 11.4 Å². The molecule has 5 heteroatoms. The quantitative estimate of drug-likeness (QED) is 0.813. The van der Waals surface area contributed by atoms with Crippen molar-refractivity contribution < 1.29 is 9.53 Å². The first-order valence-corrected chi connectivity index (χ1v) is 7.51. The molecule has 0 bridgehead atoms. The highest BCUT2D eigenvalue weighted by Gasteiger charge is 2.33. The van der Waals surface area contributed by atoms with Crippen LogP contribution in [0.4, 0.5) is 5.13 Å². The number of nitrogens with zero attached hydrogens (tertiary/aromatic N) is 1. The van der Waals surface area contributed by atoms with Crippen molar-refractivity contribution in [3.8, 4) is 0 Å². The minimum absolute atomic E-state index is 0.264. The number of nitrogens with one attached hydrogen (secondary N) is 1. The smallest absolute Gasteiger partial charge is 0.317 e. The molecule has 1 rings (SSSR count). The topological polar surface area (TPSA) is 51.2 Å². The number of methoxy groups -OCH3 is 1. The molecule has 0 saturated heterocycles. The summed E-state index contributed by atoms with van der Waals surface area (Å²) < 4.78 is 4.82. The highest BCUT2D eigenvalue weighted by Crippen LogP contribution is 2.29. The lowest BCUT2D eigenvalue weighted by Gasteiger charge is -2.21. The largest absolute Gasteiger partial charge is 0.468 e. The van der Waals surface area contributed by atoms with Crippen molar-refractivity contribution in [2.45, 2.75) is 52.5 Å². The van der Waals surface area contributed by atoms with Crippen LogP contribution in [0.5, 0.6) is 0 Å². The molecule has 1 unspecified atom stereocenters. The van der Waals surface area contributed by atoms with Crippen molar-refractivity contribution in [2.75, 3.05) is 12.4 Å². The molecule has 1 aromatic rings. The summed E-state index contributed by atoms with van der Waals surface area (Å²) >= 11 is 1.54. The fourth-order valence-electron chi connectivity index (χ4n) is 1.89. The summed E-state index contributed by atoms with van der Waals surface area (Å²) in [6, 6.07) is 0.403. The average molecular weight is 284 g/mol. The van der Waals surface area contributed by atoms with E-state index in [-0.39, 0.29) is 5.97 Å². The Morgan fingerprint density at radius 3 is 2.63 bits per heavy atom. The Morgan fingerprint density at radius 1 is 1.53 bits per heavy atom. The summed E-state index contributed by atoms with van der Waals surface area (Å²) in [5.41, 5.74) is 0.0514. The van der Waals surface area contributed by atoms with E-state index in [1.807, 2.05) is 19.2 Å².